The van der Waals surface area contributed by atoms with Gasteiger partial charge in [-0.2, -0.15) is 0 Å². The first kappa shape index (κ1) is 16.5. The fourth-order valence-corrected chi connectivity index (χ4v) is 3.63. The molecule has 1 heterocycles. The molecule has 0 saturated carbocycles. The van der Waals surface area contributed by atoms with E-state index in [0.717, 1.165) is 18.2 Å². The van der Waals surface area contributed by atoms with Crippen molar-refractivity contribution < 1.29 is 18.7 Å². The summed E-state index contributed by atoms with van der Waals surface area (Å²) in [6.45, 7) is 0. The Hall–Kier alpha value is -2.95. The topological polar surface area (TPSA) is 74.7 Å². The van der Waals surface area contributed by atoms with Crippen molar-refractivity contribution in [1.29, 1.82) is 0 Å². The number of hydrogen-bond acceptors (Lipinski definition) is 5. The van der Waals surface area contributed by atoms with Gasteiger partial charge in [-0.05, 0) is 67.1 Å². The minimum atomic E-state index is -0.313. The molecule has 0 amide bonds. The summed E-state index contributed by atoms with van der Waals surface area (Å²) in [7, 11) is 3.07. The molecule has 1 aliphatic rings. The first-order valence-electron chi connectivity index (χ1n) is 8.73. The molecule has 0 fully saturated rings. The molecular formula is C21H21NO4. The summed E-state index contributed by atoms with van der Waals surface area (Å²) >= 11 is 0. The highest BCUT2D eigenvalue weighted by molar-refractivity contribution is 6.15. The highest BCUT2D eigenvalue weighted by atomic mass is 16.5. The number of nitrogen functional groups attached to an aromatic ring is 1. The van der Waals surface area contributed by atoms with Gasteiger partial charge in [-0.3, -0.25) is 4.79 Å². The molecule has 0 atom stereocenters. The Bertz CT molecular complexity index is 1000. The van der Waals surface area contributed by atoms with Gasteiger partial charge in [0.05, 0.1) is 25.5 Å². The molecular weight excluding hydrogens is 330 g/mol. The van der Waals surface area contributed by atoms with Crippen molar-refractivity contribution in [2.24, 2.45) is 0 Å². The Kier molecular flexibility index (Phi) is 4.07. The lowest BCUT2D eigenvalue weighted by atomic mass is 9.90. The van der Waals surface area contributed by atoms with Crippen molar-refractivity contribution in [2.75, 3.05) is 20.0 Å². The highest BCUT2D eigenvalue weighted by Gasteiger charge is 2.24. The van der Waals surface area contributed by atoms with Gasteiger partial charge in [0, 0.05) is 5.39 Å². The number of hydrogen-bond donors (Lipinski definition) is 1. The van der Waals surface area contributed by atoms with Crippen molar-refractivity contribution in [3.8, 4) is 11.5 Å². The Labute approximate surface area is 151 Å². The van der Waals surface area contributed by atoms with E-state index in [9.17, 15) is 4.79 Å². The van der Waals surface area contributed by atoms with Gasteiger partial charge in [0.2, 0.25) is 5.78 Å². The molecule has 3 aromatic rings. The number of anilines is 1. The first-order chi connectivity index (χ1) is 12.6. The zero-order valence-corrected chi connectivity index (χ0v) is 14.9. The van der Waals surface area contributed by atoms with Crippen LogP contribution in [0.5, 0.6) is 11.5 Å². The fourth-order valence-electron chi connectivity index (χ4n) is 3.63. The Balaban J connectivity index is 1.84. The molecule has 0 saturated heterocycles. The molecule has 0 spiro atoms. The number of ether oxygens (including phenoxy) is 2. The van der Waals surface area contributed by atoms with E-state index in [4.69, 9.17) is 19.6 Å². The Morgan fingerprint density at radius 2 is 1.77 bits per heavy atom. The number of rotatable bonds is 4. The maximum Gasteiger partial charge on any atom is 0.234 e. The van der Waals surface area contributed by atoms with E-state index in [-0.39, 0.29) is 11.5 Å². The average molecular weight is 351 g/mol. The molecule has 0 unspecified atom stereocenters. The molecule has 0 radical (unpaired) electrons. The van der Waals surface area contributed by atoms with Gasteiger partial charge in [0.15, 0.2) is 5.76 Å². The summed E-state index contributed by atoms with van der Waals surface area (Å²) in [5.74, 6) is 0.857. The van der Waals surface area contributed by atoms with Crippen LogP contribution < -0.4 is 15.2 Å². The molecule has 2 N–H and O–H groups in total. The molecule has 4 rings (SSSR count). The smallest absolute Gasteiger partial charge is 0.234 e. The predicted molar refractivity (Wildman–Crippen MR) is 100 cm³/mol. The first-order valence-corrected chi connectivity index (χ1v) is 8.73. The van der Waals surface area contributed by atoms with Crippen molar-refractivity contribution in [3.63, 3.8) is 0 Å². The van der Waals surface area contributed by atoms with E-state index in [1.165, 1.54) is 31.1 Å². The predicted octanol–water partition coefficient (Wildman–Crippen LogP) is 4.14. The largest absolute Gasteiger partial charge is 0.497 e. The lowest BCUT2D eigenvalue weighted by Gasteiger charge is -2.14. The lowest BCUT2D eigenvalue weighted by molar-refractivity contribution is 0.101. The van der Waals surface area contributed by atoms with Gasteiger partial charge in [-0.1, -0.05) is 0 Å². The van der Waals surface area contributed by atoms with E-state index in [0.29, 0.717) is 28.3 Å². The van der Waals surface area contributed by atoms with E-state index in [1.807, 2.05) is 6.07 Å². The van der Waals surface area contributed by atoms with Gasteiger partial charge in [0.25, 0.3) is 0 Å². The van der Waals surface area contributed by atoms with Crippen LogP contribution in [0.3, 0.4) is 0 Å². The Morgan fingerprint density at radius 3 is 2.46 bits per heavy atom. The quantitative estimate of drug-likeness (QED) is 0.715. The van der Waals surface area contributed by atoms with Crippen LogP contribution in [0.4, 0.5) is 5.69 Å². The minimum absolute atomic E-state index is 0.147. The van der Waals surface area contributed by atoms with Crippen LogP contribution in [-0.2, 0) is 12.8 Å². The standard InChI is InChI=1S/C21H21NO4/c1-24-14-7-8-17(25-2)16(11-14)20(23)21-19(22)15-9-12-5-3-4-6-13(12)10-18(15)26-21/h7-11H,3-6,22H2,1-2H3. The second-order valence-electron chi connectivity index (χ2n) is 6.56. The average Bonchev–Trinajstić information content (AvgIpc) is 3.00. The number of benzene rings is 2. The van der Waals surface area contributed by atoms with Crippen LogP contribution in [0.1, 0.15) is 40.1 Å². The van der Waals surface area contributed by atoms with Gasteiger partial charge in [0.1, 0.15) is 17.1 Å². The third kappa shape index (κ3) is 2.60. The van der Waals surface area contributed by atoms with Crippen LogP contribution in [0.15, 0.2) is 34.7 Å². The maximum atomic E-state index is 13.1. The van der Waals surface area contributed by atoms with Gasteiger partial charge in [-0.25, -0.2) is 0 Å². The number of fused-ring (bicyclic) bond motifs is 2. The third-order valence-electron chi connectivity index (χ3n) is 5.05. The Morgan fingerprint density at radius 1 is 1.04 bits per heavy atom. The van der Waals surface area contributed by atoms with E-state index >= 15 is 0 Å². The monoisotopic (exact) mass is 351 g/mol. The molecule has 0 bridgehead atoms. The van der Waals surface area contributed by atoms with Crippen LogP contribution in [-0.4, -0.2) is 20.0 Å². The summed E-state index contributed by atoms with van der Waals surface area (Å²) in [5, 5.41) is 0.802. The van der Waals surface area contributed by atoms with E-state index in [2.05, 4.69) is 6.07 Å². The third-order valence-corrected chi connectivity index (χ3v) is 5.05. The normalized spacial score (nSPS) is 13.5. The van der Waals surface area contributed by atoms with E-state index in [1.54, 1.807) is 25.3 Å². The fraction of sp³-hybridized carbons (Fsp3) is 0.286. The van der Waals surface area contributed by atoms with Crippen molar-refractivity contribution in [3.05, 3.63) is 52.8 Å². The summed E-state index contributed by atoms with van der Waals surface area (Å²) in [6, 6.07) is 9.18. The molecule has 2 aromatic carbocycles. The van der Waals surface area contributed by atoms with Gasteiger partial charge in [-0.15, -0.1) is 0 Å². The zero-order chi connectivity index (χ0) is 18.3. The number of furan rings is 1. The molecule has 5 nitrogen and oxygen atoms in total. The number of nitrogens with two attached hydrogens (primary N) is 1. The minimum Gasteiger partial charge on any atom is -0.497 e. The van der Waals surface area contributed by atoms with Crippen LogP contribution >= 0.6 is 0 Å². The number of methoxy groups -OCH3 is 2. The number of aryl methyl sites for hydroxylation is 2. The summed E-state index contributed by atoms with van der Waals surface area (Å²) in [5.41, 5.74) is 10.3. The van der Waals surface area contributed by atoms with Gasteiger partial charge < -0.3 is 19.6 Å². The van der Waals surface area contributed by atoms with E-state index < -0.39 is 0 Å². The van der Waals surface area contributed by atoms with Crippen molar-refractivity contribution in [1.82, 2.24) is 0 Å². The highest BCUT2D eigenvalue weighted by Crippen LogP contribution is 2.36. The number of carbonyl (C=O) groups is 1. The molecule has 5 heteroatoms. The SMILES string of the molecule is COc1ccc(OC)c(C(=O)c2oc3cc4c(cc3c2N)CCCC4)c1. The molecule has 26 heavy (non-hydrogen) atoms. The maximum absolute atomic E-state index is 13.1. The van der Waals surface area contributed by atoms with Crippen molar-refractivity contribution >= 4 is 22.4 Å². The summed E-state index contributed by atoms with van der Waals surface area (Å²) < 4.78 is 16.4. The zero-order valence-electron chi connectivity index (χ0n) is 14.9. The molecule has 0 aliphatic heterocycles. The molecule has 1 aromatic heterocycles. The lowest BCUT2D eigenvalue weighted by Crippen LogP contribution is -2.06. The van der Waals surface area contributed by atoms with Crippen molar-refractivity contribution in [2.45, 2.75) is 25.7 Å². The number of carbonyl (C=O) groups excluding carboxylic acids is 1. The summed E-state index contributed by atoms with van der Waals surface area (Å²) in [6.07, 6.45) is 4.45. The summed E-state index contributed by atoms with van der Waals surface area (Å²) in [4.78, 5) is 13.1. The van der Waals surface area contributed by atoms with Crippen LogP contribution in [0, 0.1) is 0 Å². The number of ketones is 1. The van der Waals surface area contributed by atoms with Crippen LogP contribution in [0.2, 0.25) is 0 Å². The van der Waals surface area contributed by atoms with Crippen LogP contribution in [0.25, 0.3) is 11.0 Å². The second kappa shape index (κ2) is 6.41. The second-order valence-corrected chi connectivity index (χ2v) is 6.56. The molecule has 134 valence electrons. The molecule has 1 aliphatic carbocycles. The van der Waals surface area contributed by atoms with Gasteiger partial charge >= 0.3 is 0 Å².